The second-order valence-electron chi connectivity index (χ2n) is 9.94. The second-order valence-corrected chi connectivity index (χ2v) is 9.94. The fourth-order valence-electron chi connectivity index (χ4n) is 5.36. The van der Waals surface area contributed by atoms with Crippen molar-refractivity contribution in [1.82, 2.24) is 15.0 Å². The van der Waals surface area contributed by atoms with Crippen molar-refractivity contribution in [2.45, 2.75) is 58.5 Å². The van der Waals surface area contributed by atoms with Crippen LogP contribution in [-0.4, -0.2) is 34.6 Å². The molecule has 1 aliphatic carbocycles. The van der Waals surface area contributed by atoms with Crippen molar-refractivity contribution in [1.29, 1.82) is 0 Å². The molecule has 38 heavy (non-hydrogen) atoms. The Bertz CT molecular complexity index is 1360. The van der Waals surface area contributed by atoms with Gasteiger partial charge in [0.25, 0.3) is 0 Å². The molecule has 0 N–H and O–H groups in total. The number of pyridine rings is 1. The number of benzene rings is 1. The van der Waals surface area contributed by atoms with E-state index in [2.05, 4.69) is 15.0 Å². The summed E-state index contributed by atoms with van der Waals surface area (Å²) < 4.78 is 47.0. The molecule has 1 saturated carbocycles. The number of carbonyl (C=O) groups excluding carboxylic acids is 1. The molecule has 3 atom stereocenters. The summed E-state index contributed by atoms with van der Waals surface area (Å²) in [5, 5.41) is 0. The predicted octanol–water partition coefficient (Wildman–Crippen LogP) is 5.89. The van der Waals surface area contributed by atoms with Gasteiger partial charge in [-0.3, -0.25) is 14.8 Å². The molecular weight excluding hydrogens is 492 g/mol. The van der Waals surface area contributed by atoms with Gasteiger partial charge in [0.1, 0.15) is 6.10 Å². The summed E-state index contributed by atoms with van der Waals surface area (Å²) in [5.74, 6) is -1.28. The Morgan fingerprint density at radius 3 is 2.66 bits per heavy atom. The summed E-state index contributed by atoms with van der Waals surface area (Å²) in [5.41, 5.74) is 2.95. The molecule has 0 amide bonds. The molecule has 0 spiro atoms. The molecule has 0 saturated heterocycles. The number of rotatable bonds is 8. The van der Waals surface area contributed by atoms with Crippen LogP contribution in [0.15, 0.2) is 30.6 Å². The molecule has 1 fully saturated rings. The Balaban J connectivity index is 1.43. The summed E-state index contributed by atoms with van der Waals surface area (Å²) in [6.07, 6.45) is 5.26. The van der Waals surface area contributed by atoms with E-state index in [9.17, 15) is 9.18 Å². The first-order valence-electron chi connectivity index (χ1n) is 13.0. The molecular formula is C29H31F2N3O4. The van der Waals surface area contributed by atoms with Gasteiger partial charge < -0.3 is 14.2 Å². The number of esters is 1. The lowest BCUT2D eigenvalue weighted by atomic mass is 9.82. The Hall–Kier alpha value is -3.62. The van der Waals surface area contributed by atoms with Gasteiger partial charge in [0.05, 0.1) is 49.1 Å². The molecule has 5 rings (SSSR count). The minimum absolute atomic E-state index is 0.200. The minimum atomic E-state index is -0.526. The maximum Gasteiger partial charge on any atom is 0.309 e. The zero-order chi connectivity index (χ0) is 27.0. The van der Waals surface area contributed by atoms with Gasteiger partial charge in [0.15, 0.2) is 17.4 Å². The first kappa shape index (κ1) is 26.0. The number of hydrogen-bond acceptors (Lipinski definition) is 7. The van der Waals surface area contributed by atoms with E-state index >= 15 is 4.39 Å². The standard InChI is InChI=1S/C29H31F2N3O4/c1-5-37-24-12-20(21(30)13-32-24)27-16(3)34-22(14-33-27)23-11-9-18-8-10-19(26(31)28(18)38-23)25(17-6-7-17)15(2)29(35)36-4/h8,10,12-15,17,23,25H,5-7,9,11H2,1-4H3/t15-,23-,25+/m1/s1. The quantitative estimate of drug-likeness (QED) is 0.340. The number of aryl methyl sites for hydroxylation is 2. The number of halogens is 2. The minimum Gasteiger partial charge on any atom is -0.481 e. The van der Waals surface area contributed by atoms with Crippen LogP contribution in [0, 0.1) is 30.4 Å². The van der Waals surface area contributed by atoms with E-state index in [1.165, 1.54) is 13.2 Å². The number of ether oxygens (including phenoxy) is 3. The van der Waals surface area contributed by atoms with E-state index in [1.54, 1.807) is 26.1 Å². The Morgan fingerprint density at radius 2 is 1.97 bits per heavy atom. The molecule has 200 valence electrons. The molecule has 3 aromatic rings. The van der Waals surface area contributed by atoms with E-state index in [-0.39, 0.29) is 29.1 Å². The number of fused-ring (bicyclic) bond motifs is 1. The first-order chi connectivity index (χ1) is 18.3. The van der Waals surface area contributed by atoms with E-state index in [4.69, 9.17) is 14.2 Å². The smallest absolute Gasteiger partial charge is 0.309 e. The maximum atomic E-state index is 15.9. The summed E-state index contributed by atoms with van der Waals surface area (Å²) in [6, 6.07) is 5.19. The zero-order valence-electron chi connectivity index (χ0n) is 22.0. The summed E-state index contributed by atoms with van der Waals surface area (Å²) in [7, 11) is 1.36. The SMILES string of the molecule is CCOc1cc(-c2ncc([C@H]3CCc4ccc([C@H](C5CC5)[C@@H](C)C(=O)OC)c(F)c4O3)nc2C)c(F)cn1. The van der Waals surface area contributed by atoms with Gasteiger partial charge in [-0.15, -0.1) is 0 Å². The van der Waals surface area contributed by atoms with E-state index in [1.807, 2.05) is 13.0 Å². The molecule has 0 bridgehead atoms. The Morgan fingerprint density at radius 1 is 1.18 bits per heavy atom. The first-order valence-corrected chi connectivity index (χ1v) is 13.0. The summed E-state index contributed by atoms with van der Waals surface area (Å²) >= 11 is 0. The van der Waals surface area contributed by atoms with Gasteiger partial charge in [0.2, 0.25) is 5.88 Å². The fraction of sp³-hybridized carbons (Fsp3) is 0.448. The topological polar surface area (TPSA) is 83.4 Å². The van der Waals surface area contributed by atoms with Crippen molar-refractivity contribution >= 4 is 5.97 Å². The van der Waals surface area contributed by atoms with Crippen molar-refractivity contribution in [3.8, 4) is 22.9 Å². The molecule has 1 aromatic carbocycles. The van der Waals surface area contributed by atoms with Crippen LogP contribution in [0.5, 0.6) is 11.6 Å². The highest BCUT2D eigenvalue weighted by atomic mass is 19.1. The summed E-state index contributed by atoms with van der Waals surface area (Å²) in [4.78, 5) is 25.4. The van der Waals surface area contributed by atoms with Crippen molar-refractivity contribution in [2.75, 3.05) is 13.7 Å². The van der Waals surface area contributed by atoms with Crippen LogP contribution in [-0.2, 0) is 16.0 Å². The molecule has 2 aliphatic rings. The number of carbonyl (C=O) groups is 1. The zero-order valence-corrected chi connectivity index (χ0v) is 22.0. The number of aromatic nitrogens is 3. The van der Waals surface area contributed by atoms with Crippen molar-refractivity contribution in [3.05, 3.63) is 64.7 Å². The van der Waals surface area contributed by atoms with Crippen molar-refractivity contribution in [2.24, 2.45) is 11.8 Å². The van der Waals surface area contributed by atoms with Gasteiger partial charge in [-0.05, 0) is 56.6 Å². The highest BCUT2D eigenvalue weighted by Crippen LogP contribution is 2.49. The third-order valence-corrected chi connectivity index (χ3v) is 7.42. The number of hydrogen-bond donors (Lipinski definition) is 0. The fourth-order valence-corrected chi connectivity index (χ4v) is 5.36. The lowest BCUT2D eigenvalue weighted by Gasteiger charge is -2.29. The van der Waals surface area contributed by atoms with Crippen molar-refractivity contribution < 1.29 is 27.8 Å². The van der Waals surface area contributed by atoms with Crippen LogP contribution in [0.1, 0.15) is 67.6 Å². The largest absolute Gasteiger partial charge is 0.481 e. The van der Waals surface area contributed by atoms with Gasteiger partial charge in [-0.2, -0.15) is 0 Å². The third kappa shape index (κ3) is 4.93. The van der Waals surface area contributed by atoms with E-state index in [0.717, 1.165) is 24.6 Å². The Kier molecular flexibility index (Phi) is 7.27. The van der Waals surface area contributed by atoms with Gasteiger partial charge in [-0.25, -0.2) is 13.8 Å². The lowest BCUT2D eigenvalue weighted by Crippen LogP contribution is -2.24. The highest BCUT2D eigenvalue weighted by molar-refractivity contribution is 5.73. The summed E-state index contributed by atoms with van der Waals surface area (Å²) in [6.45, 7) is 5.77. The molecule has 0 radical (unpaired) electrons. The molecule has 3 heterocycles. The molecule has 1 aliphatic heterocycles. The van der Waals surface area contributed by atoms with Gasteiger partial charge in [0, 0.05) is 17.5 Å². The number of nitrogens with zero attached hydrogens (tertiary/aromatic N) is 3. The molecule has 7 nitrogen and oxygen atoms in total. The lowest BCUT2D eigenvalue weighted by molar-refractivity contribution is -0.145. The van der Waals surface area contributed by atoms with Crippen LogP contribution in [0.25, 0.3) is 11.3 Å². The average molecular weight is 524 g/mol. The monoisotopic (exact) mass is 523 g/mol. The number of methoxy groups -OCH3 is 1. The van der Waals surface area contributed by atoms with Crippen LogP contribution >= 0.6 is 0 Å². The van der Waals surface area contributed by atoms with Crippen LogP contribution in [0.2, 0.25) is 0 Å². The van der Waals surface area contributed by atoms with E-state index in [0.29, 0.717) is 48.0 Å². The highest BCUT2D eigenvalue weighted by Gasteiger charge is 2.41. The van der Waals surface area contributed by atoms with Gasteiger partial charge in [-0.1, -0.05) is 19.1 Å². The maximum absolute atomic E-state index is 15.9. The molecule has 2 aromatic heterocycles. The molecule has 0 unspecified atom stereocenters. The van der Waals surface area contributed by atoms with Gasteiger partial charge >= 0.3 is 5.97 Å². The predicted molar refractivity (Wildman–Crippen MR) is 136 cm³/mol. The van der Waals surface area contributed by atoms with Crippen LogP contribution in [0.4, 0.5) is 8.78 Å². The average Bonchev–Trinajstić information content (AvgIpc) is 3.76. The van der Waals surface area contributed by atoms with E-state index < -0.39 is 23.7 Å². The third-order valence-electron chi connectivity index (χ3n) is 7.42. The Labute approximate surface area is 220 Å². The van der Waals surface area contributed by atoms with Crippen molar-refractivity contribution in [3.63, 3.8) is 0 Å². The van der Waals surface area contributed by atoms with Crippen LogP contribution in [0.3, 0.4) is 0 Å². The second kappa shape index (κ2) is 10.6. The van der Waals surface area contributed by atoms with Crippen LogP contribution < -0.4 is 9.47 Å². The normalized spacial score (nSPS) is 18.2. The molecule has 9 heteroatoms.